The average Bonchev–Trinajstić information content (AvgIpc) is 2.84. The van der Waals surface area contributed by atoms with Crippen LogP contribution in [0.5, 0.6) is 5.75 Å². The van der Waals surface area contributed by atoms with Crippen molar-refractivity contribution in [1.82, 2.24) is 5.32 Å². The molecule has 0 spiro atoms. The van der Waals surface area contributed by atoms with Crippen molar-refractivity contribution in [2.75, 3.05) is 10.8 Å². The fraction of sp³-hybridized carbons (Fsp3) is 0.269. The van der Waals surface area contributed by atoms with Crippen molar-refractivity contribution in [2.24, 2.45) is 0 Å². The summed E-state index contributed by atoms with van der Waals surface area (Å²) in [6.07, 6.45) is 1.91. The number of rotatable bonds is 5. The molecule has 0 bridgehead atoms. The van der Waals surface area contributed by atoms with E-state index in [1.165, 1.54) is 9.87 Å². The number of nitrogens with zero attached hydrogens (tertiary/aromatic N) is 1. The molecule has 1 heterocycles. The van der Waals surface area contributed by atoms with Gasteiger partial charge in [-0.15, -0.1) is 0 Å². The van der Waals surface area contributed by atoms with Gasteiger partial charge in [-0.1, -0.05) is 66.7 Å². The second kappa shape index (κ2) is 8.90. The normalized spacial score (nSPS) is 19.7. The molecule has 1 amide bonds. The summed E-state index contributed by atoms with van der Waals surface area (Å²) in [5.41, 5.74) is 3.53. The Bertz CT molecular complexity index is 1260. The fourth-order valence-corrected chi connectivity index (χ4v) is 6.22. The molecule has 0 saturated carbocycles. The van der Waals surface area contributed by atoms with Gasteiger partial charge >= 0.3 is 0 Å². The van der Waals surface area contributed by atoms with Crippen molar-refractivity contribution in [3.63, 3.8) is 0 Å². The largest absolute Gasteiger partial charge is 0.476 e. The van der Waals surface area contributed by atoms with Gasteiger partial charge in [0, 0.05) is 0 Å². The van der Waals surface area contributed by atoms with Crippen LogP contribution in [0.15, 0.2) is 78.9 Å². The van der Waals surface area contributed by atoms with E-state index < -0.39 is 16.1 Å². The number of amides is 1. The van der Waals surface area contributed by atoms with E-state index >= 15 is 0 Å². The van der Waals surface area contributed by atoms with Crippen LogP contribution in [0, 0.1) is 0 Å². The van der Waals surface area contributed by atoms with Crippen molar-refractivity contribution in [3.05, 3.63) is 95.6 Å². The van der Waals surface area contributed by atoms with Gasteiger partial charge < -0.3 is 10.1 Å². The van der Waals surface area contributed by atoms with Crippen LogP contribution >= 0.6 is 0 Å². The van der Waals surface area contributed by atoms with Gasteiger partial charge in [0.2, 0.25) is 10.0 Å². The average molecular weight is 463 g/mol. The number of aryl methyl sites for hydroxylation is 1. The van der Waals surface area contributed by atoms with E-state index in [0.29, 0.717) is 17.0 Å². The van der Waals surface area contributed by atoms with Crippen LogP contribution in [0.4, 0.5) is 5.69 Å². The Balaban J connectivity index is 1.39. The second-order valence-corrected chi connectivity index (χ2v) is 10.4. The highest BCUT2D eigenvalue weighted by Crippen LogP contribution is 2.36. The molecular formula is C26H26N2O4S. The Morgan fingerprint density at radius 2 is 1.70 bits per heavy atom. The van der Waals surface area contributed by atoms with E-state index in [9.17, 15) is 13.2 Å². The third-order valence-corrected chi connectivity index (χ3v) is 7.96. The zero-order chi connectivity index (χ0) is 22.8. The van der Waals surface area contributed by atoms with Gasteiger partial charge in [-0.3, -0.25) is 9.10 Å². The zero-order valence-electron chi connectivity index (χ0n) is 18.2. The minimum atomic E-state index is -3.72. The number of benzene rings is 3. The molecule has 1 N–H and O–H groups in total. The van der Waals surface area contributed by atoms with Crippen LogP contribution in [-0.2, 0) is 27.0 Å². The van der Waals surface area contributed by atoms with Crippen molar-refractivity contribution >= 4 is 21.6 Å². The standard InChI is InChI=1S/C26H26N2O4S/c29-26(27-22-14-8-12-20-11-4-5-13-21(20)22)25-17-28(23-15-6-7-16-24(23)32-25)33(30,31)18-19-9-2-1-3-10-19/h1-7,9-11,13,15-16,22,25H,8,12,14,17-18H2,(H,27,29)/t22-,25+/m0/s1. The Morgan fingerprint density at radius 1 is 0.970 bits per heavy atom. The summed E-state index contributed by atoms with van der Waals surface area (Å²) < 4.78 is 34.1. The highest BCUT2D eigenvalue weighted by atomic mass is 32.2. The van der Waals surface area contributed by atoms with Crippen molar-refractivity contribution in [1.29, 1.82) is 0 Å². The van der Waals surface area contributed by atoms with Gasteiger partial charge in [0.05, 0.1) is 24.0 Å². The van der Waals surface area contributed by atoms with Crippen molar-refractivity contribution in [2.45, 2.75) is 37.2 Å². The summed E-state index contributed by atoms with van der Waals surface area (Å²) in [5, 5.41) is 3.11. The highest BCUT2D eigenvalue weighted by molar-refractivity contribution is 7.92. The number of para-hydroxylation sites is 2. The first-order chi connectivity index (χ1) is 16.0. The number of carbonyl (C=O) groups is 1. The number of hydrogen-bond donors (Lipinski definition) is 1. The molecular weight excluding hydrogens is 436 g/mol. The Hall–Kier alpha value is -3.32. The van der Waals surface area contributed by atoms with Crippen molar-refractivity contribution < 1.29 is 17.9 Å². The first kappa shape index (κ1) is 21.5. The minimum absolute atomic E-state index is 0.0631. The molecule has 0 unspecified atom stereocenters. The topological polar surface area (TPSA) is 75.7 Å². The maximum atomic E-state index is 13.4. The van der Waals surface area contributed by atoms with E-state index in [1.807, 2.05) is 36.4 Å². The number of ether oxygens (including phenoxy) is 1. The lowest BCUT2D eigenvalue weighted by Crippen LogP contribution is -2.51. The molecule has 2 aliphatic rings. The van der Waals surface area contributed by atoms with E-state index in [-0.39, 0.29) is 24.2 Å². The Labute approximate surface area is 194 Å². The number of sulfonamides is 1. The Morgan fingerprint density at radius 3 is 2.55 bits per heavy atom. The SMILES string of the molecule is O=C(N[C@H]1CCCc2ccccc21)[C@H]1CN(S(=O)(=O)Cc2ccccc2)c2ccccc2O1. The van der Waals surface area contributed by atoms with Crippen LogP contribution in [-0.4, -0.2) is 27.0 Å². The first-order valence-electron chi connectivity index (χ1n) is 11.2. The Kier molecular flexibility index (Phi) is 5.81. The highest BCUT2D eigenvalue weighted by Gasteiger charge is 2.37. The number of carbonyl (C=O) groups excluding carboxylic acids is 1. The van der Waals surface area contributed by atoms with Crippen LogP contribution in [0.2, 0.25) is 0 Å². The molecule has 1 aliphatic heterocycles. The van der Waals surface area contributed by atoms with E-state index in [0.717, 1.165) is 24.8 Å². The number of hydrogen-bond acceptors (Lipinski definition) is 4. The molecule has 170 valence electrons. The van der Waals surface area contributed by atoms with E-state index in [1.54, 1.807) is 36.4 Å². The molecule has 0 radical (unpaired) electrons. The third-order valence-electron chi connectivity index (χ3n) is 6.24. The number of anilines is 1. The summed E-state index contributed by atoms with van der Waals surface area (Å²) >= 11 is 0. The summed E-state index contributed by atoms with van der Waals surface area (Å²) in [7, 11) is -3.72. The smallest absolute Gasteiger partial charge is 0.263 e. The molecule has 3 aromatic rings. The zero-order valence-corrected chi connectivity index (χ0v) is 19.0. The van der Waals surface area contributed by atoms with Gasteiger partial charge in [-0.05, 0) is 48.1 Å². The molecule has 6 nitrogen and oxygen atoms in total. The lowest BCUT2D eigenvalue weighted by atomic mass is 9.87. The van der Waals surface area contributed by atoms with Gasteiger partial charge in [-0.2, -0.15) is 0 Å². The summed E-state index contributed by atoms with van der Waals surface area (Å²) in [6.45, 7) is -0.0631. The fourth-order valence-electron chi connectivity index (χ4n) is 4.63. The number of fused-ring (bicyclic) bond motifs is 2. The minimum Gasteiger partial charge on any atom is -0.476 e. The van der Waals surface area contributed by atoms with Crippen molar-refractivity contribution in [3.8, 4) is 5.75 Å². The molecule has 2 atom stereocenters. The predicted molar refractivity (Wildman–Crippen MR) is 128 cm³/mol. The summed E-state index contributed by atoms with van der Waals surface area (Å²) in [6, 6.07) is 24.1. The molecule has 7 heteroatoms. The van der Waals surface area contributed by atoms with Crippen LogP contribution in [0.3, 0.4) is 0 Å². The monoisotopic (exact) mass is 462 g/mol. The summed E-state index contributed by atoms with van der Waals surface area (Å²) in [4.78, 5) is 13.3. The van der Waals surface area contributed by atoms with Crippen LogP contribution in [0.25, 0.3) is 0 Å². The van der Waals surface area contributed by atoms with Gasteiger partial charge in [-0.25, -0.2) is 8.42 Å². The van der Waals surface area contributed by atoms with Crippen LogP contribution in [0.1, 0.15) is 35.6 Å². The van der Waals surface area contributed by atoms with E-state index in [2.05, 4.69) is 11.4 Å². The third kappa shape index (κ3) is 4.46. The molecule has 0 aromatic heterocycles. The maximum Gasteiger partial charge on any atom is 0.263 e. The van der Waals surface area contributed by atoms with Crippen LogP contribution < -0.4 is 14.4 Å². The predicted octanol–water partition coefficient (Wildman–Crippen LogP) is 3.98. The molecule has 33 heavy (non-hydrogen) atoms. The first-order valence-corrected chi connectivity index (χ1v) is 12.8. The maximum absolute atomic E-state index is 13.4. The molecule has 5 rings (SSSR count). The molecule has 0 fully saturated rings. The van der Waals surface area contributed by atoms with E-state index in [4.69, 9.17) is 4.74 Å². The lowest BCUT2D eigenvalue weighted by Gasteiger charge is -2.36. The molecule has 0 saturated heterocycles. The number of nitrogens with one attached hydrogen (secondary N) is 1. The van der Waals surface area contributed by atoms with Gasteiger partial charge in [0.25, 0.3) is 5.91 Å². The molecule has 1 aliphatic carbocycles. The second-order valence-electron chi connectivity index (χ2n) is 8.50. The quantitative estimate of drug-likeness (QED) is 0.622. The van der Waals surface area contributed by atoms with Gasteiger partial charge in [0.15, 0.2) is 6.10 Å². The summed E-state index contributed by atoms with van der Waals surface area (Å²) in [5.74, 6) is -0.0531. The molecule has 3 aromatic carbocycles. The lowest BCUT2D eigenvalue weighted by molar-refractivity contribution is -0.128. The van der Waals surface area contributed by atoms with Gasteiger partial charge in [0.1, 0.15) is 5.75 Å².